The lowest BCUT2D eigenvalue weighted by Gasteiger charge is -2.32. The van der Waals surface area contributed by atoms with E-state index in [1.165, 1.54) is 11.1 Å². The molecule has 2 nitrogen and oxygen atoms in total. The molecule has 2 N–H and O–H groups in total. The number of hydrogen-bond donors (Lipinski definition) is 2. The lowest BCUT2D eigenvalue weighted by Crippen LogP contribution is -2.43. The molecule has 0 aliphatic rings. The van der Waals surface area contributed by atoms with Gasteiger partial charge in [-0.15, -0.1) is 0 Å². The molecule has 0 radical (unpaired) electrons. The second-order valence-electron chi connectivity index (χ2n) is 5.28. The highest BCUT2D eigenvalue weighted by atomic mass is 32.1. The molecule has 0 bridgehead atoms. The predicted octanol–water partition coefficient (Wildman–Crippen LogP) is 3.48. The van der Waals surface area contributed by atoms with Crippen molar-refractivity contribution in [2.24, 2.45) is 0 Å². The zero-order chi connectivity index (χ0) is 15.1. The van der Waals surface area contributed by atoms with Gasteiger partial charge in [0.05, 0.1) is 0 Å². The van der Waals surface area contributed by atoms with Gasteiger partial charge in [0.25, 0.3) is 0 Å². The molecule has 110 valence electrons. The van der Waals surface area contributed by atoms with Gasteiger partial charge in [0.2, 0.25) is 0 Å². The molecule has 0 aliphatic carbocycles. The maximum absolute atomic E-state index is 5.30. The maximum atomic E-state index is 5.30. The third-order valence-corrected chi connectivity index (χ3v) is 4.05. The van der Waals surface area contributed by atoms with E-state index in [0.717, 1.165) is 13.1 Å². The summed E-state index contributed by atoms with van der Waals surface area (Å²) in [5, 5.41) is 7.19. The van der Waals surface area contributed by atoms with Gasteiger partial charge in [0.1, 0.15) is 0 Å². The van der Waals surface area contributed by atoms with Crippen molar-refractivity contribution in [3.63, 3.8) is 0 Å². The van der Waals surface area contributed by atoms with E-state index in [4.69, 9.17) is 12.2 Å². The summed E-state index contributed by atoms with van der Waals surface area (Å²) in [6.45, 7) is 5.88. The van der Waals surface area contributed by atoms with Crippen molar-refractivity contribution < 1.29 is 0 Å². The molecule has 2 rings (SSSR count). The fourth-order valence-corrected chi connectivity index (χ4v) is 2.68. The second kappa shape index (κ2) is 7.23. The van der Waals surface area contributed by atoms with E-state index in [0.29, 0.717) is 5.11 Å². The first kappa shape index (κ1) is 15.5. The first-order valence-corrected chi connectivity index (χ1v) is 7.70. The van der Waals surface area contributed by atoms with E-state index < -0.39 is 0 Å². The number of hydrogen-bond acceptors (Lipinski definition) is 1. The van der Waals surface area contributed by atoms with Crippen molar-refractivity contribution in [1.82, 2.24) is 10.6 Å². The van der Waals surface area contributed by atoms with Gasteiger partial charge in [0.15, 0.2) is 5.11 Å². The Morgan fingerprint density at radius 1 is 0.905 bits per heavy atom. The number of nitrogens with one attached hydrogen (secondary N) is 2. The van der Waals surface area contributed by atoms with Crippen LogP contribution in [0.3, 0.4) is 0 Å². The lowest BCUT2D eigenvalue weighted by atomic mass is 9.76. The topological polar surface area (TPSA) is 24.1 Å². The van der Waals surface area contributed by atoms with Crippen LogP contribution < -0.4 is 10.6 Å². The van der Waals surface area contributed by atoms with Crippen LogP contribution in [0.1, 0.15) is 25.0 Å². The van der Waals surface area contributed by atoms with Crippen molar-refractivity contribution in [2.75, 3.05) is 13.1 Å². The van der Waals surface area contributed by atoms with Gasteiger partial charge in [-0.2, -0.15) is 0 Å². The molecule has 0 saturated heterocycles. The van der Waals surface area contributed by atoms with Crippen molar-refractivity contribution in [2.45, 2.75) is 19.3 Å². The fourth-order valence-electron chi connectivity index (χ4n) is 2.46. The highest BCUT2D eigenvalue weighted by Crippen LogP contribution is 2.31. The minimum Gasteiger partial charge on any atom is -0.363 e. The normalized spacial score (nSPS) is 11.0. The molecular weight excluding hydrogens is 276 g/mol. The zero-order valence-electron chi connectivity index (χ0n) is 12.6. The Kier molecular flexibility index (Phi) is 5.34. The van der Waals surface area contributed by atoms with E-state index in [1.54, 1.807) is 0 Å². The molecule has 2 aromatic carbocycles. The van der Waals surface area contributed by atoms with E-state index in [2.05, 4.69) is 66.1 Å². The van der Waals surface area contributed by atoms with E-state index in [1.807, 2.05) is 19.1 Å². The summed E-state index contributed by atoms with van der Waals surface area (Å²) in [5.41, 5.74) is 2.44. The number of benzene rings is 2. The molecule has 0 saturated carbocycles. The first-order chi connectivity index (χ1) is 10.2. The predicted molar refractivity (Wildman–Crippen MR) is 93.6 cm³/mol. The van der Waals surface area contributed by atoms with Gasteiger partial charge in [-0.25, -0.2) is 0 Å². The van der Waals surface area contributed by atoms with Crippen LogP contribution in [0.25, 0.3) is 0 Å². The summed E-state index contributed by atoms with van der Waals surface area (Å²) in [4.78, 5) is 0. The Balaban J connectivity index is 2.29. The SMILES string of the molecule is CCNC(=S)NCC(C)(c1ccccc1)c1ccccc1. The third-order valence-electron chi connectivity index (χ3n) is 3.76. The average Bonchev–Trinajstić information content (AvgIpc) is 2.54. The van der Waals surface area contributed by atoms with Crippen LogP contribution in [-0.2, 0) is 5.41 Å². The van der Waals surface area contributed by atoms with Crippen LogP contribution in [0.2, 0.25) is 0 Å². The highest BCUT2D eigenvalue weighted by Gasteiger charge is 2.28. The van der Waals surface area contributed by atoms with Crippen LogP contribution in [-0.4, -0.2) is 18.2 Å². The molecule has 0 aliphatic heterocycles. The molecule has 0 unspecified atom stereocenters. The third kappa shape index (κ3) is 3.82. The minimum atomic E-state index is -0.123. The van der Waals surface area contributed by atoms with E-state index >= 15 is 0 Å². The Morgan fingerprint density at radius 3 is 1.81 bits per heavy atom. The average molecular weight is 298 g/mol. The van der Waals surface area contributed by atoms with E-state index in [9.17, 15) is 0 Å². The van der Waals surface area contributed by atoms with Crippen molar-refractivity contribution in [3.8, 4) is 0 Å². The van der Waals surface area contributed by atoms with Crippen LogP contribution in [0, 0.1) is 0 Å². The summed E-state index contributed by atoms with van der Waals surface area (Å²) in [7, 11) is 0. The maximum Gasteiger partial charge on any atom is 0.166 e. The zero-order valence-corrected chi connectivity index (χ0v) is 13.4. The summed E-state index contributed by atoms with van der Waals surface area (Å²) in [6, 6.07) is 21.1. The molecule has 0 atom stereocenters. The first-order valence-electron chi connectivity index (χ1n) is 7.29. The van der Waals surface area contributed by atoms with Gasteiger partial charge in [-0.1, -0.05) is 60.7 Å². The smallest absolute Gasteiger partial charge is 0.166 e. The van der Waals surface area contributed by atoms with E-state index in [-0.39, 0.29) is 5.41 Å². The van der Waals surface area contributed by atoms with Crippen LogP contribution >= 0.6 is 12.2 Å². The second-order valence-corrected chi connectivity index (χ2v) is 5.69. The fraction of sp³-hybridized carbons (Fsp3) is 0.278. The van der Waals surface area contributed by atoms with Crippen LogP contribution in [0.15, 0.2) is 60.7 Å². The Labute approximate surface area is 132 Å². The molecule has 3 heteroatoms. The largest absolute Gasteiger partial charge is 0.363 e. The molecule has 0 fully saturated rings. The minimum absolute atomic E-state index is 0.123. The monoisotopic (exact) mass is 298 g/mol. The Morgan fingerprint density at radius 2 is 1.38 bits per heavy atom. The van der Waals surface area contributed by atoms with Crippen molar-refractivity contribution in [3.05, 3.63) is 71.8 Å². The molecule has 0 spiro atoms. The Bertz CT molecular complexity index is 527. The van der Waals surface area contributed by atoms with Gasteiger partial charge >= 0.3 is 0 Å². The highest BCUT2D eigenvalue weighted by molar-refractivity contribution is 7.80. The van der Waals surface area contributed by atoms with Crippen molar-refractivity contribution in [1.29, 1.82) is 0 Å². The molecular formula is C18H22N2S. The Hall–Kier alpha value is -1.87. The van der Waals surface area contributed by atoms with Gasteiger partial charge < -0.3 is 10.6 Å². The molecule has 0 amide bonds. The summed E-state index contributed by atoms with van der Waals surface area (Å²) < 4.78 is 0. The lowest BCUT2D eigenvalue weighted by molar-refractivity contribution is 0.552. The number of thiocarbonyl (C=S) groups is 1. The molecule has 0 heterocycles. The quantitative estimate of drug-likeness (QED) is 0.827. The standard InChI is InChI=1S/C18H22N2S/c1-3-19-17(21)20-14-18(2,15-10-6-4-7-11-15)16-12-8-5-9-13-16/h4-13H,3,14H2,1-2H3,(H2,19,20,21). The van der Waals surface area contributed by atoms with Gasteiger partial charge in [-0.05, 0) is 37.2 Å². The molecule has 21 heavy (non-hydrogen) atoms. The van der Waals surface area contributed by atoms with Crippen LogP contribution in [0.4, 0.5) is 0 Å². The summed E-state index contributed by atoms with van der Waals surface area (Å²) in [6.07, 6.45) is 0. The summed E-state index contributed by atoms with van der Waals surface area (Å²) in [5.74, 6) is 0. The molecule has 2 aromatic rings. The molecule has 0 aromatic heterocycles. The van der Waals surface area contributed by atoms with Gasteiger partial charge in [0, 0.05) is 18.5 Å². The summed E-state index contributed by atoms with van der Waals surface area (Å²) >= 11 is 5.30. The van der Waals surface area contributed by atoms with Gasteiger partial charge in [-0.3, -0.25) is 0 Å². The van der Waals surface area contributed by atoms with Crippen molar-refractivity contribution >= 4 is 17.3 Å². The van der Waals surface area contributed by atoms with Crippen LogP contribution in [0.5, 0.6) is 0 Å². The number of rotatable bonds is 5.